The maximum atomic E-state index is 13.3. The first-order valence-corrected chi connectivity index (χ1v) is 11.9. The van der Waals surface area contributed by atoms with Crippen molar-refractivity contribution in [3.63, 3.8) is 0 Å². The fourth-order valence-electron chi connectivity index (χ4n) is 4.32. The minimum atomic E-state index is -0.648. The monoisotopic (exact) mass is 463 g/mol. The summed E-state index contributed by atoms with van der Waals surface area (Å²) in [6.45, 7) is 9.25. The number of ether oxygens (including phenoxy) is 1. The molecule has 1 saturated heterocycles. The zero-order valence-electron chi connectivity index (χ0n) is 20.3. The molecule has 0 spiro atoms. The Bertz CT molecular complexity index is 1080. The van der Waals surface area contributed by atoms with Gasteiger partial charge in [0.15, 0.2) is 0 Å². The topological polar surface area (TPSA) is 79.0 Å². The molecule has 2 aliphatic rings. The first-order chi connectivity index (χ1) is 16.2. The van der Waals surface area contributed by atoms with Crippen LogP contribution in [0.5, 0.6) is 5.75 Å². The molecule has 1 atom stereocenters. The first kappa shape index (κ1) is 23.8. The zero-order chi connectivity index (χ0) is 24.5. The molecule has 7 heteroatoms. The Morgan fingerprint density at radius 2 is 1.88 bits per heavy atom. The van der Waals surface area contributed by atoms with Crippen molar-refractivity contribution in [3.05, 3.63) is 48.5 Å². The van der Waals surface area contributed by atoms with E-state index in [4.69, 9.17) is 4.74 Å². The Morgan fingerprint density at radius 3 is 2.59 bits per heavy atom. The zero-order valence-corrected chi connectivity index (χ0v) is 20.3. The van der Waals surface area contributed by atoms with Crippen LogP contribution in [-0.4, -0.2) is 37.4 Å². The van der Waals surface area contributed by atoms with Gasteiger partial charge in [-0.15, -0.1) is 0 Å². The Hall–Kier alpha value is -3.35. The lowest BCUT2D eigenvalue weighted by Gasteiger charge is -2.29. The molecule has 1 fully saturated rings. The summed E-state index contributed by atoms with van der Waals surface area (Å²) >= 11 is 0. The number of rotatable bonds is 6. The number of hydrogen-bond acceptors (Lipinski definition) is 4. The van der Waals surface area contributed by atoms with E-state index in [1.165, 1.54) is 0 Å². The minimum absolute atomic E-state index is 0.00951. The third kappa shape index (κ3) is 4.93. The minimum Gasteiger partial charge on any atom is -0.490 e. The molecule has 180 valence electrons. The quantitative estimate of drug-likeness (QED) is 0.685. The highest BCUT2D eigenvalue weighted by molar-refractivity contribution is 6.04. The van der Waals surface area contributed by atoms with Gasteiger partial charge in [-0.25, -0.2) is 0 Å². The summed E-state index contributed by atoms with van der Waals surface area (Å²) in [7, 11) is 0. The lowest BCUT2D eigenvalue weighted by atomic mass is 9.92. The van der Waals surface area contributed by atoms with Gasteiger partial charge in [-0.1, -0.05) is 32.0 Å². The molecule has 2 aromatic carbocycles. The average molecular weight is 464 g/mol. The van der Waals surface area contributed by atoms with Gasteiger partial charge in [-0.3, -0.25) is 14.4 Å². The summed E-state index contributed by atoms with van der Waals surface area (Å²) < 4.78 is 5.98. The molecule has 2 heterocycles. The summed E-state index contributed by atoms with van der Waals surface area (Å²) in [6, 6.07) is 14.8. The number of nitrogens with one attached hydrogen (secondary N) is 1. The van der Waals surface area contributed by atoms with E-state index < -0.39 is 11.3 Å². The highest BCUT2D eigenvalue weighted by atomic mass is 16.5. The number of para-hydroxylation sites is 1. The standard InChI is InChI=1S/C27H33N3O4/c1-18(2)12-13-29-22-15-20(10-11-23(22)34-17-27(3,4)26(29)33)28-25(32)19-14-24(31)30(16-19)21-8-6-5-7-9-21/h5-11,15,18-19H,12-14,16-17H2,1-4H3,(H,28,32). The fourth-order valence-corrected chi connectivity index (χ4v) is 4.32. The second kappa shape index (κ2) is 9.49. The van der Waals surface area contributed by atoms with Crippen molar-refractivity contribution in [2.75, 3.05) is 34.8 Å². The van der Waals surface area contributed by atoms with Crippen LogP contribution in [0.4, 0.5) is 17.1 Å². The molecule has 0 saturated carbocycles. The molecule has 2 aromatic rings. The molecule has 34 heavy (non-hydrogen) atoms. The Morgan fingerprint density at radius 1 is 1.15 bits per heavy atom. The highest BCUT2D eigenvalue weighted by Crippen LogP contribution is 2.39. The van der Waals surface area contributed by atoms with Gasteiger partial charge in [0.05, 0.1) is 17.0 Å². The van der Waals surface area contributed by atoms with Crippen molar-refractivity contribution in [3.8, 4) is 5.75 Å². The Labute approximate surface area is 201 Å². The number of fused-ring (bicyclic) bond motifs is 1. The van der Waals surface area contributed by atoms with Gasteiger partial charge in [0.25, 0.3) is 0 Å². The van der Waals surface area contributed by atoms with E-state index in [1.54, 1.807) is 28.0 Å². The van der Waals surface area contributed by atoms with Crippen molar-refractivity contribution in [2.24, 2.45) is 17.3 Å². The van der Waals surface area contributed by atoms with Gasteiger partial charge in [0, 0.05) is 30.9 Å². The number of carbonyl (C=O) groups is 3. The lowest BCUT2D eigenvalue weighted by Crippen LogP contribution is -2.42. The van der Waals surface area contributed by atoms with Crippen molar-refractivity contribution in [1.82, 2.24) is 0 Å². The molecule has 1 unspecified atom stereocenters. The van der Waals surface area contributed by atoms with Crippen molar-refractivity contribution < 1.29 is 19.1 Å². The van der Waals surface area contributed by atoms with E-state index in [2.05, 4.69) is 19.2 Å². The van der Waals surface area contributed by atoms with Crippen LogP contribution >= 0.6 is 0 Å². The smallest absolute Gasteiger partial charge is 0.236 e. The summed E-state index contributed by atoms with van der Waals surface area (Å²) in [5.74, 6) is 0.373. The Balaban J connectivity index is 1.53. The van der Waals surface area contributed by atoms with Crippen LogP contribution < -0.4 is 19.9 Å². The Kier molecular flexibility index (Phi) is 6.64. The van der Waals surface area contributed by atoms with Crippen molar-refractivity contribution >= 4 is 34.8 Å². The molecule has 1 N–H and O–H groups in total. The van der Waals surface area contributed by atoms with Crippen LogP contribution in [0.1, 0.15) is 40.5 Å². The van der Waals surface area contributed by atoms with E-state index in [1.807, 2.05) is 44.2 Å². The third-order valence-corrected chi connectivity index (χ3v) is 6.42. The molecular weight excluding hydrogens is 430 g/mol. The van der Waals surface area contributed by atoms with Crippen LogP contribution in [0.2, 0.25) is 0 Å². The van der Waals surface area contributed by atoms with Crippen molar-refractivity contribution in [1.29, 1.82) is 0 Å². The SMILES string of the molecule is CC(C)CCN1C(=O)C(C)(C)COc2ccc(NC(=O)C3CC(=O)N(c4ccccc4)C3)cc21. The largest absolute Gasteiger partial charge is 0.490 e. The maximum Gasteiger partial charge on any atom is 0.236 e. The fraction of sp³-hybridized carbons (Fsp3) is 0.444. The van der Waals surface area contributed by atoms with E-state index in [0.29, 0.717) is 42.7 Å². The van der Waals surface area contributed by atoms with Crippen molar-refractivity contribution in [2.45, 2.75) is 40.5 Å². The predicted octanol–water partition coefficient (Wildman–Crippen LogP) is 4.48. The van der Waals surface area contributed by atoms with Crippen LogP contribution in [0.15, 0.2) is 48.5 Å². The molecule has 2 aliphatic heterocycles. The molecule has 0 bridgehead atoms. The number of hydrogen-bond donors (Lipinski definition) is 1. The second-order valence-electron chi connectivity index (χ2n) is 10.2. The summed E-state index contributed by atoms with van der Waals surface area (Å²) in [6.07, 6.45) is 1.03. The molecule has 0 aromatic heterocycles. The van der Waals surface area contributed by atoms with E-state index in [0.717, 1.165) is 12.1 Å². The maximum absolute atomic E-state index is 13.3. The van der Waals surface area contributed by atoms with E-state index in [9.17, 15) is 14.4 Å². The normalized spacial score (nSPS) is 19.6. The van der Waals surface area contributed by atoms with Gasteiger partial charge >= 0.3 is 0 Å². The van der Waals surface area contributed by atoms with Crippen LogP contribution in [0, 0.1) is 17.3 Å². The number of benzene rings is 2. The molecule has 0 aliphatic carbocycles. The number of carbonyl (C=O) groups excluding carboxylic acids is 3. The number of anilines is 3. The van der Waals surface area contributed by atoms with Crippen LogP contribution in [0.3, 0.4) is 0 Å². The summed E-state index contributed by atoms with van der Waals surface area (Å²) in [5.41, 5.74) is 1.40. The second-order valence-corrected chi connectivity index (χ2v) is 10.2. The summed E-state index contributed by atoms with van der Waals surface area (Å²) in [5, 5.41) is 2.96. The molecular formula is C27H33N3O4. The van der Waals surface area contributed by atoms with E-state index >= 15 is 0 Å². The number of nitrogens with zero attached hydrogens (tertiary/aromatic N) is 2. The first-order valence-electron chi connectivity index (χ1n) is 11.9. The molecule has 4 rings (SSSR count). The molecule has 7 nitrogen and oxygen atoms in total. The van der Waals surface area contributed by atoms with Crippen LogP contribution in [-0.2, 0) is 14.4 Å². The van der Waals surface area contributed by atoms with Crippen LogP contribution in [0.25, 0.3) is 0 Å². The third-order valence-electron chi connectivity index (χ3n) is 6.42. The van der Waals surface area contributed by atoms with Gasteiger partial charge in [-0.05, 0) is 56.5 Å². The van der Waals surface area contributed by atoms with Gasteiger partial charge < -0.3 is 19.9 Å². The molecule has 3 amide bonds. The average Bonchev–Trinajstić information content (AvgIpc) is 3.16. The van der Waals surface area contributed by atoms with E-state index in [-0.39, 0.29) is 24.1 Å². The highest BCUT2D eigenvalue weighted by Gasteiger charge is 2.38. The summed E-state index contributed by atoms with van der Waals surface area (Å²) in [4.78, 5) is 42.3. The van der Waals surface area contributed by atoms with Gasteiger partial charge in [-0.2, -0.15) is 0 Å². The van der Waals surface area contributed by atoms with Gasteiger partial charge in [0.1, 0.15) is 12.4 Å². The predicted molar refractivity (Wildman–Crippen MR) is 133 cm³/mol. The number of amides is 3. The molecule has 0 radical (unpaired) electrons. The lowest BCUT2D eigenvalue weighted by molar-refractivity contribution is -0.127. The van der Waals surface area contributed by atoms with Gasteiger partial charge in [0.2, 0.25) is 17.7 Å².